The summed E-state index contributed by atoms with van der Waals surface area (Å²) in [6, 6.07) is 0. The van der Waals surface area contributed by atoms with E-state index in [1.54, 1.807) is 0 Å². The van der Waals surface area contributed by atoms with Crippen LogP contribution >= 0.6 is 0 Å². The van der Waals surface area contributed by atoms with Crippen LogP contribution in [0, 0.1) is 23.7 Å². The first-order valence-electron chi connectivity index (χ1n) is 11.4. The van der Waals surface area contributed by atoms with E-state index < -0.39 is 0 Å². The van der Waals surface area contributed by atoms with Crippen LogP contribution in [0.3, 0.4) is 0 Å². The smallest absolute Gasteiger partial charge is 0.165 e. The van der Waals surface area contributed by atoms with Crippen molar-refractivity contribution in [1.29, 1.82) is 0 Å². The molecule has 4 rings (SSSR count). The van der Waals surface area contributed by atoms with Gasteiger partial charge in [0.1, 0.15) is 12.2 Å². The molecule has 6 heteroatoms. The Hall–Kier alpha value is -1.66. The van der Waals surface area contributed by atoms with Crippen LogP contribution in [-0.2, 0) is 28.5 Å². The Kier molecular flexibility index (Phi) is 6.35. The Morgan fingerprint density at radius 2 is 1.03 bits per heavy atom. The second kappa shape index (κ2) is 8.83. The second-order valence-corrected chi connectivity index (χ2v) is 9.58. The van der Waals surface area contributed by atoms with Crippen molar-refractivity contribution in [2.45, 2.75) is 90.0 Å². The van der Waals surface area contributed by atoms with Crippen LogP contribution in [0.25, 0.3) is 0 Å². The van der Waals surface area contributed by atoms with Crippen LogP contribution in [0.5, 0.6) is 0 Å². The summed E-state index contributed by atoms with van der Waals surface area (Å²) in [5.41, 5.74) is 0. The van der Waals surface area contributed by atoms with Crippen molar-refractivity contribution in [3.63, 3.8) is 0 Å². The zero-order chi connectivity index (χ0) is 21.4. The average Bonchev–Trinajstić information content (AvgIpc) is 2.73. The van der Waals surface area contributed by atoms with E-state index in [9.17, 15) is 9.59 Å². The Labute approximate surface area is 179 Å². The summed E-state index contributed by atoms with van der Waals surface area (Å²) < 4.78 is 24.8. The van der Waals surface area contributed by atoms with Gasteiger partial charge in [0.05, 0.1) is 48.8 Å². The number of ether oxygens (including phenoxy) is 4. The van der Waals surface area contributed by atoms with E-state index in [4.69, 9.17) is 18.9 Å². The van der Waals surface area contributed by atoms with E-state index in [0.29, 0.717) is 11.8 Å². The van der Waals surface area contributed by atoms with Gasteiger partial charge >= 0.3 is 0 Å². The zero-order valence-electron chi connectivity index (χ0n) is 18.4. The quantitative estimate of drug-likeness (QED) is 0.698. The number of carbonyl (C=O) groups excluding carboxylic acids is 2. The highest BCUT2D eigenvalue weighted by Crippen LogP contribution is 2.40. The summed E-state index contributed by atoms with van der Waals surface area (Å²) in [5, 5.41) is 0. The van der Waals surface area contributed by atoms with Gasteiger partial charge in [-0.3, -0.25) is 9.59 Å². The van der Waals surface area contributed by atoms with Gasteiger partial charge in [-0.1, -0.05) is 27.7 Å². The molecule has 0 saturated carbocycles. The number of carbonyl (C=O) groups is 2. The van der Waals surface area contributed by atoms with Crippen molar-refractivity contribution >= 4 is 11.6 Å². The van der Waals surface area contributed by atoms with Gasteiger partial charge in [0.15, 0.2) is 11.6 Å². The van der Waals surface area contributed by atoms with E-state index in [1.807, 2.05) is 13.8 Å². The number of allylic oxidation sites excluding steroid dienone is 2. The fourth-order valence-corrected chi connectivity index (χ4v) is 5.35. The number of rotatable bonds is 3. The molecule has 30 heavy (non-hydrogen) atoms. The molecular weight excluding hydrogens is 384 g/mol. The maximum Gasteiger partial charge on any atom is 0.165 e. The van der Waals surface area contributed by atoms with Gasteiger partial charge in [0.25, 0.3) is 0 Å². The third-order valence-electron chi connectivity index (χ3n) is 7.47. The molecule has 4 aliphatic heterocycles. The molecule has 2 saturated heterocycles. The lowest BCUT2D eigenvalue weighted by Crippen LogP contribution is -2.55. The van der Waals surface area contributed by atoms with E-state index in [-0.39, 0.29) is 60.0 Å². The van der Waals surface area contributed by atoms with Crippen LogP contribution in [0.1, 0.15) is 53.4 Å². The molecule has 0 aromatic carbocycles. The number of ketones is 2. The highest BCUT2D eigenvalue weighted by atomic mass is 16.6. The standard InChI is InChI=1S/C24H34O6/c1-13-5-7-19(23-15(3)17(25)9-11-27-23)29-21(13)22-14(2)6-8-20(30-22)24-16(4)18(26)10-12-28-24/h9-16,19-24H,5-8H2,1-4H3/t13-,14-,15+,16+,19+,20+,21-,22-,23+,24+/m0/s1. The van der Waals surface area contributed by atoms with Crippen LogP contribution < -0.4 is 0 Å². The van der Waals surface area contributed by atoms with Crippen molar-refractivity contribution in [2.75, 3.05) is 0 Å². The predicted molar refractivity (Wildman–Crippen MR) is 110 cm³/mol. The van der Waals surface area contributed by atoms with Crippen LogP contribution in [0.2, 0.25) is 0 Å². The van der Waals surface area contributed by atoms with E-state index in [2.05, 4.69) is 13.8 Å². The third-order valence-corrected chi connectivity index (χ3v) is 7.47. The molecule has 2 fully saturated rings. The summed E-state index contributed by atoms with van der Waals surface area (Å²) in [5.74, 6) is 0.469. The van der Waals surface area contributed by atoms with Crippen molar-refractivity contribution < 1.29 is 28.5 Å². The molecule has 166 valence electrons. The summed E-state index contributed by atoms with van der Waals surface area (Å²) in [7, 11) is 0. The van der Waals surface area contributed by atoms with Crippen molar-refractivity contribution in [3.8, 4) is 0 Å². The lowest BCUT2D eigenvalue weighted by molar-refractivity contribution is -0.227. The first kappa shape index (κ1) is 21.6. The van der Waals surface area contributed by atoms with Gasteiger partial charge in [-0.15, -0.1) is 0 Å². The zero-order valence-corrected chi connectivity index (χ0v) is 18.4. The first-order chi connectivity index (χ1) is 14.4. The van der Waals surface area contributed by atoms with Crippen LogP contribution in [-0.4, -0.2) is 48.2 Å². The Morgan fingerprint density at radius 1 is 0.633 bits per heavy atom. The fraction of sp³-hybridized carbons (Fsp3) is 0.750. The lowest BCUT2D eigenvalue weighted by Gasteiger charge is -2.48. The minimum Gasteiger partial charge on any atom is -0.494 e. The Morgan fingerprint density at radius 3 is 1.43 bits per heavy atom. The van der Waals surface area contributed by atoms with Gasteiger partial charge in [0, 0.05) is 12.2 Å². The molecule has 10 atom stereocenters. The topological polar surface area (TPSA) is 71.1 Å². The van der Waals surface area contributed by atoms with Crippen molar-refractivity contribution in [1.82, 2.24) is 0 Å². The first-order valence-corrected chi connectivity index (χ1v) is 11.4. The molecule has 0 spiro atoms. The monoisotopic (exact) mass is 418 g/mol. The lowest BCUT2D eigenvalue weighted by atomic mass is 9.79. The number of hydrogen-bond acceptors (Lipinski definition) is 6. The van der Waals surface area contributed by atoms with Gasteiger partial charge < -0.3 is 18.9 Å². The molecule has 0 aromatic rings. The van der Waals surface area contributed by atoms with Gasteiger partial charge in [-0.2, -0.15) is 0 Å². The van der Waals surface area contributed by atoms with E-state index in [0.717, 1.165) is 25.7 Å². The minimum absolute atomic E-state index is 0.0662. The molecule has 4 heterocycles. The van der Waals surface area contributed by atoms with E-state index >= 15 is 0 Å². The molecule has 0 radical (unpaired) electrons. The molecular formula is C24H34O6. The maximum atomic E-state index is 12.1. The molecule has 4 aliphatic rings. The molecule has 0 bridgehead atoms. The normalized spacial score (nSPS) is 46.9. The molecule has 0 amide bonds. The Balaban J connectivity index is 1.47. The van der Waals surface area contributed by atoms with Gasteiger partial charge in [-0.25, -0.2) is 0 Å². The molecule has 0 N–H and O–H groups in total. The van der Waals surface area contributed by atoms with Crippen LogP contribution in [0.4, 0.5) is 0 Å². The summed E-state index contributed by atoms with van der Waals surface area (Å²) in [4.78, 5) is 24.3. The average molecular weight is 419 g/mol. The fourth-order valence-electron chi connectivity index (χ4n) is 5.35. The Bertz CT molecular complexity index is 654. The van der Waals surface area contributed by atoms with Crippen molar-refractivity contribution in [2.24, 2.45) is 23.7 Å². The number of hydrogen-bond donors (Lipinski definition) is 0. The molecule has 0 aromatic heterocycles. The van der Waals surface area contributed by atoms with Crippen LogP contribution in [0.15, 0.2) is 24.7 Å². The van der Waals surface area contributed by atoms with E-state index in [1.165, 1.54) is 24.7 Å². The molecule has 0 aliphatic carbocycles. The molecule has 6 nitrogen and oxygen atoms in total. The van der Waals surface area contributed by atoms with Gasteiger partial charge in [0.2, 0.25) is 0 Å². The highest BCUT2D eigenvalue weighted by Gasteiger charge is 2.47. The maximum absolute atomic E-state index is 12.1. The summed E-state index contributed by atoms with van der Waals surface area (Å²) >= 11 is 0. The predicted octanol–water partition coefficient (Wildman–Crippen LogP) is 3.59. The van der Waals surface area contributed by atoms with Crippen molar-refractivity contribution in [3.05, 3.63) is 24.7 Å². The largest absolute Gasteiger partial charge is 0.494 e. The highest BCUT2D eigenvalue weighted by molar-refractivity contribution is 5.92. The summed E-state index contributed by atoms with van der Waals surface area (Å²) in [6.07, 6.45) is 8.90. The van der Waals surface area contributed by atoms with Gasteiger partial charge in [-0.05, 0) is 37.5 Å². The SMILES string of the molecule is C[C@@H]1C(=O)C=CO[C@H]1[C@H]1CC[C@H](C)[C@@H]([C@H]2O[C@@H]([C@@H]3OC=CC(=O)[C@H]3C)CC[C@@H]2C)O1. The second-order valence-electron chi connectivity index (χ2n) is 9.58. The molecule has 0 unspecified atom stereocenters. The summed E-state index contributed by atoms with van der Waals surface area (Å²) in [6.45, 7) is 8.25. The minimum atomic E-state index is -0.253. The third kappa shape index (κ3) is 4.09.